The topological polar surface area (TPSA) is 42.3 Å². The van der Waals surface area contributed by atoms with Gasteiger partial charge in [0, 0.05) is 25.0 Å². The van der Waals surface area contributed by atoms with Gasteiger partial charge in [0.15, 0.2) is 0 Å². The van der Waals surface area contributed by atoms with Crippen LogP contribution in [0.5, 0.6) is 0 Å². The molecule has 3 rings (SSSR count). The molecule has 19 heavy (non-hydrogen) atoms. The van der Waals surface area contributed by atoms with E-state index in [9.17, 15) is 8.42 Å². The number of hydrogen-bond donors (Lipinski definition) is 0. The molecule has 100 valence electrons. The molecule has 0 spiro atoms. The highest BCUT2D eigenvalue weighted by Gasteiger charge is 2.33. The van der Waals surface area contributed by atoms with Crippen molar-refractivity contribution < 1.29 is 8.42 Å². The summed E-state index contributed by atoms with van der Waals surface area (Å²) >= 11 is 0. The van der Waals surface area contributed by atoms with Gasteiger partial charge >= 0.3 is 0 Å². The number of rotatable bonds is 2. The van der Waals surface area contributed by atoms with E-state index >= 15 is 0 Å². The molecular weight excluding hydrogens is 260 g/mol. The van der Waals surface area contributed by atoms with Crippen LogP contribution in [0.1, 0.15) is 18.7 Å². The highest BCUT2D eigenvalue weighted by molar-refractivity contribution is 7.89. The molecule has 0 fully saturated rings. The summed E-state index contributed by atoms with van der Waals surface area (Å²) in [5.41, 5.74) is 1.05. The van der Waals surface area contributed by atoms with Gasteiger partial charge in [0.05, 0.1) is 10.9 Å². The van der Waals surface area contributed by atoms with E-state index in [0.29, 0.717) is 18.0 Å². The summed E-state index contributed by atoms with van der Waals surface area (Å²) in [7, 11) is -3.41. The van der Waals surface area contributed by atoms with Gasteiger partial charge in [-0.25, -0.2) is 8.42 Å². The molecule has 1 aromatic heterocycles. The second-order valence-corrected chi connectivity index (χ2v) is 6.62. The number of fused-ring (bicyclic) bond motifs is 1. The van der Waals surface area contributed by atoms with E-state index in [2.05, 4.69) is 4.57 Å². The molecule has 0 saturated heterocycles. The van der Waals surface area contributed by atoms with Crippen LogP contribution >= 0.6 is 0 Å². The van der Waals surface area contributed by atoms with Crippen LogP contribution < -0.4 is 0 Å². The van der Waals surface area contributed by atoms with E-state index in [4.69, 9.17) is 0 Å². The maximum Gasteiger partial charge on any atom is 0.243 e. The summed E-state index contributed by atoms with van der Waals surface area (Å²) in [6, 6.07) is 12.4. The van der Waals surface area contributed by atoms with Crippen LogP contribution in [-0.4, -0.2) is 23.8 Å². The number of hydrogen-bond acceptors (Lipinski definition) is 2. The van der Waals surface area contributed by atoms with Gasteiger partial charge in [-0.15, -0.1) is 0 Å². The van der Waals surface area contributed by atoms with Crippen molar-refractivity contribution in [2.24, 2.45) is 0 Å². The second-order valence-electron chi connectivity index (χ2n) is 4.73. The van der Waals surface area contributed by atoms with Crippen molar-refractivity contribution in [1.29, 1.82) is 0 Å². The van der Waals surface area contributed by atoms with Crippen LogP contribution in [0.4, 0.5) is 0 Å². The summed E-state index contributed by atoms with van der Waals surface area (Å²) in [6.07, 6.45) is 2.00. The summed E-state index contributed by atoms with van der Waals surface area (Å²) in [5, 5.41) is 0. The molecule has 1 aliphatic rings. The molecule has 0 amide bonds. The highest BCUT2D eigenvalue weighted by Crippen LogP contribution is 2.30. The van der Waals surface area contributed by atoms with E-state index in [0.717, 1.165) is 5.69 Å². The Balaban J connectivity index is 2.00. The Kier molecular flexibility index (Phi) is 2.95. The fraction of sp³-hybridized carbons (Fsp3) is 0.286. The van der Waals surface area contributed by atoms with E-state index in [1.54, 1.807) is 28.6 Å². The van der Waals surface area contributed by atoms with Crippen LogP contribution in [0.15, 0.2) is 53.6 Å². The van der Waals surface area contributed by atoms with Crippen LogP contribution in [0.25, 0.3) is 0 Å². The smallest absolute Gasteiger partial charge is 0.243 e. The van der Waals surface area contributed by atoms with E-state index in [1.165, 1.54) is 0 Å². The first-order valence-corrected chi connectivity index (χ1v) is 7.76. The lowest BCUT2D eigenvalue weighted by Gasteiger charge is -2.33. The van der Waals surface area contributed by atoms with Gasteiger partial charge in [-0.2, -0.15) is 4.31 Å². The first-order chi connectivity index (χ1) is 9.10. The minimum Gasteiger partial charge on any atom is -0.349 e. The van der Waals surface area contributed by atoms with Gasteiger partial charge in [-0.05, 0) is 31.2 Å². The summed E-state index contributed by atoms with van der Waals surface area (Å²) in [6.45, 7) is 3.16. The molecule has 0 N–H and O–H groups in total. The van der Waals surface area contributed by atoms with Crippen LogP contribution in [0.3, 0.4) is 0 Å². The third kappa shape index (κ3) is 1.99. The van der Waals surface area contributed by atoms with Gasteiger partial charge in [0.25, 0.3) is 0 Å². The lowest BCUT2D eigenvalue weighted by molar-refractivity contribution is 0.282. The predicted molar refractivity (Wildman–Crippen MR) is 73.2 cm³/mol. The maximum absolute atomic E-state index is 12.6. The van der Waals surface area contributed by atoms with Gasteiger partial charge in [-0.3, -0.25) is 0 Å². The van der Waals surface area contributed by atoms with Crippen LogP contribution in [0, 0.1) is 0 Å². The molecule has 0 bridgehead atoms. The standard InChI is InChI=1S/C14H16N2O2S/c1-12-14-8-5-9-15(14)10-11-16(12)19(17,18)13-6-3-2-4-7-13/h2-9,12H,10-11H2,1H3/t12-/m0/s1. The van der Waals surface area contributed by atoms with Gasteiger partial charge in [-0.1, -0.05) is 18.2 Å². The molecule has 1 atom stereocenters. The van der Waals surface area contributed by atoms with Gasteiger partial charge in [0.2, 0.25) is 10.0 Å². The maximum atomic E-state index is 12.6. The zero-order valence-corrected chi connectivity index (χ0v) is 11.5. The molecule has 0 radical (unpaired) electrons. The van der Waals surface area contributed by atoms with E-state index < -0.39 is 10.0 Å². The van der Waals surface area contributed by atoms with Crippen LogP contribution in [0.2, 0.25) is 0 Å². The Morgan fingerprint density at radius 2 is 1.79 bits per heavy atom. The quantitative estimate of drug-likeness (QED) is 0.844. The zero-order valence-electron chi connectivity index (χ0n) is 10.7. The molecule has 1 aromatic carbocycles. The van der Waals surface area contributed by atoms with Gasteiger partial charge < -0.3 is 4.57 Å². The number of sulfonamides is 1. The van der Waals surface area contributed by atoms with Crippen molar-refractivity contribution in [3.8, 4) is 0 Å². The number of nitrogens with zero attached hydrogens (tertiary/aromatic N) is 2. The van der Waals surface area contributed by atoms with Crippen molar-refractivity contribution >= 4 is 10.0 Å². The minimum absolute atomic E-state index is 0.131. The van der Waals surface area contributed by atoms with Crippen molar-refractivity contribution in [2.45, 2.75) is 24.4 Å². The summed E-state index contributed by atoms with van der Waals surface area (Å²) in [5.74, 6) is 0. The lowest BCUT2D eigenvalue weighted by atomic mass is 10.2. The Morgan fingerprint density at radius 3 is 2.53 bits per heavy atom. The Hall–Kier alpha value is -1.59. The second kappa shape index (κ2) is 4.51. The first-order valence-electron chi connectivity index (χ1n) is 6.32. The largest absolute Gasteiger partial charge is 0.349 e. The summed E-state index contributed by atoms with van der Waals surface area (Å²) < 4.78 is 29.0. The van der Waals surface area contributed by atoms with Crippen LogP contribution in [-0.2, 0) is 16.6 Å². The lowest BCUT2D eigenvalue weighted by Crippen LogP contribution is -2.40. The Morgan fingerprint density at radius 1 is 1.05 bits per heavy atom. The fourth-order valence-corrected chi connectivity index (χ4v) is 4.23. The molecule has 2 heterocycles. The molecule has 0 unspecified atom stereocenters. The minimum atomic E-state index is -3.41. The third-order valence-electron chi connectivity index (χ3n) is 3.64. The Bertz CT molecular complexity index is 676. The van der Waals surface area contributed by atoms with Crippen molar-refractivity contribution in [3.63, 3.8) is 0 Å². The third-order valence-corrected chi connectivity index (χ3v) is 5.62. The SMILES string of the molecule is C[C@H]1c2cccn2CCN1S(=O)(=O)c1ccccc1. The first kappa shape index (κ1) is 12.4. The monoisotopic (exact) mass is 276 g/mol. The molecule has 1 aliphatic heterocycles. The highest BCUT2D eigenvalue weighted by atomic mass is 32.2. The normalized spacial score (nSPS) is 20.2. The average molecular weight is 276 g/mol. The van der Waals surface area contributed by atoms with Gasteiger partial charge in [0.1, 0.15) is 0 Å². The fourth-order valence-electron chi connectivity index (χ4n) is 2.61. The molecule has 5 heteroatoms. The molecular formula is C14H16N2O2S. The number of aromatic nitrogens is 1. The van der Waals surface area contributed by atoms with Crippen molar-refractivity contribution in [2.75, 3.05) is 6.54 Å². The Labute approximate surface area is 113 Å². The van der Waals surface area contributed by atoms with Crippen molar-refractivity contribution in [1.82, 2.24) is 8.87 Å². The van der Waals surface area contributed by atoms with E-state index in [-0.39, 0.29) is 6.04 Å². The zero-order chi connectivity index (χ0) is 13.5. The molecule has 0 saturated carbocycles. The molecule has 0 aliphatic carbocycles. The average Bonchev–Trinajstić information content (AvgIpc) is 2.89. The number of benzene rings is 1. The molecule has 4 nitrogen and oxygen atoms in total. The predicted octanol–water partition coefficient (Wildman–Crippen LogP) is 2.25. The van der Waals surface area contributed by atoms with Crippen molar-refractivity contribution in [3.05, 3.63) is 54.4 Å². The molecule has 2 aromatic rings. The summed E-state index contributed by atoms with van der Waals surface area (Å²) in [4.78, 5) is 0.363. The van der Waals surface area contributed by atoms with E-state index in [1.807, 2.05) is 31.3 Å².